The van der Waals surface area contributed by atoms with Crippen molar-refractivity contribution in [3.05, 3.63) is 0 Å². The summed E-state index contributed by atoms with van der Waals surface area (Å²) in [6.07, 6.45) is 4.10. The first-order valence-corrected chi connectivity index (χ1v) is 5.51. The van der Waals surface area contributed by atoms with Gasteiger partial charge >= 0.3 is 0 Å². The van der Waals surface area contributed by atoms with Crippen molar-refractivity contribution in [3.63, 3.8) is 0 Å². The zero-order valence-corrected chi connectivity index (χ0v) is 9.51. The average molecular weight is 184 g/mol. The van der Waals surface area contributed by atoms with E-state index in [1.54, 1.807) is 0 Å². The summed E-state index contributed by atoms with van der Waals surface area (Å²) >= 11 is 0. The van der Waals surface area contributed by atoms with E-state index in [9.17, 15) is 0 Å². The van der Waals surface area contributed by atoms with Crippen molar-refractivity contribution >= 4 is 0 Å². The lowest BCUT2D eigenvalue weighted by Gasteiger charge is -2.36. The first-order valence-electron chi connectivity index (χ1n) is 5.51. The smallest absolute Gasteiger partial charge is 0.00665 e. The fraction of sp³-hybridized carbons (Fsp3) is 1.00. The maximum atomic E-state index is 3.32. The molecule has 1 saturated heterocycles. The van der Waals surface area contributed by atoms with Gasteiger partial charge in [0.1, 0.15) is 0 Å². The molecule has 0 aromatic carbocycles. The molecule has 1 aliphatic heterocycles. The molecule has 13 heavy (non-hydrogen) atoms. The van der Waals surface area contributed by atoms with Crippen LogP contribution in [0.3, 0.4) is 0 Å². The number of nitrogens with one attached hydrogen (secondary N) is 1. The Labute approximate surface area is 82.7 Å². The van der Waals surface area contributed by atoms with Crippen LogP contribution in [0.5, 0.6) is 0 Å². The first kappa shape index (κ1) is 11.0. The summed E-state index contributed by atoms with van der Waals surface area (Å²) in [6, 6.07) is 1.46. The fourth-order valence-corrected chi connectivity index (χ4v) is 2.22. The summed E-state index contributed by atoms with van der Waals surface area (Å²) in [6.45, 7) is 5.90. The molecule has 0 aliphatic carbocycles. The van der Waals surface area contributed by atoms with E-state index in [1.165, 1.54) is 25.8 Å². The largest absolute Gasteiger partial charge is 0.317 e. The van der Waals surface area contributed by atoms with Gasteiger partial charge in [-0.25, -0.2) is 0 Å². The maximum Gasteiger partial charge on any atom is 0.00665 e. The minimum absolute atomic E-state index is 0.681. The van der Waals surface area contributed by atoms with Crippen LogP contribution in [0.4, 0.5) is 0 Å². The second kappa shape index (κ2) is 4.97. The molecule has 0 spiro atoms. The standard InChI is InChI=1S/C11H24N2/c1-9(12-3)7-11-5-6-13(4)10(2)8-11/h9-12H,5-8H2,1-4H3. The number of likely N-dealkylation sites (tertiary alicyclic amines) is 1. The molecule has 1 rings (SSSR count). The monoisotopic (exact) mass is 184 g/mol. The molecule has 0 bridgehead atoms. The fourth-order valence-electron chi connectivity index (χ4n) is 2.22. The van der Waals surface area contributed by atoms with Crippen LogP contribution in [-0.2, 0) is 0 Å². The Bertz CT molecular complexity index is 145. The number of piperidine rings is 1. The minimum atomic E-state index is 0.681. The van der Waals surface area contributed by atoms with Gasteiger partial charge in [0, 0.05) is 12.1 Å². The summed E-state index contributed by atoms with van der Waals surface area (Å²) in [7, 11) is 4.30. The number of nitrogens with zero attached hydrogens (tertiary/aromatic N) is 1. The van der Waals surface area contributed by atoms with Crippen LogP contribution in [0.2, 0.25) is 0 Å². The Balaban J connectivity index is 2.29. The van der Waals surface area contributed by atoms with E-state index in [0.717, 1.165) is 12.0 Å². The zero-order valence-electron chi connectivity index (χ0n) is 9.51. The lowest BCUT2D eigenvalue weighted by molar-refractivity contribution is 0.144. The molecule has 3 unspecified atom stereocenters. The average Bonchev–Trinajstić information content (AvgIpc) is 2.11. The second-order valence-corrected chi connectivity index (χ2v) is 4.65. The van der Waals surface area contributed by atoms with Crippen molar-refractivity contribution in [1.82, 2.24) is 10.2 Å². The lowest BCUT2D eigenvalue weighted by Crippen LogP contribution is -2.39. The lowest BCUT2D eigenvalue weighted by atomic mass is 9.87. The molecule has 0 saturated carbocycles. The summed E-state index contributed by atoms with van der Waals surface area (Å²) in [4.78, 5) is 2.47. The Morgan fingerprint density at radius 2 is 2.23 bits per heavy atom. The molecule has 1 heterocycles. The van der Waals surface area contributed by atoms with Crippen molar-refractivity contribution < 1.29 is 0 Å². The zero-order chi connectivity index (χ0) is 9.84. The highest BCUT2D eigenvalue weighted by Gasteiger charge is 2.23. The van der Waals surface area contributed by atoms with Crippen LogP contribution in [0.1, 0.15) is 33.1 Å². The van der Waals surface area contributed by atoms with E-state index in [4.69, 9.17) is 0 Å². The van der Waals surface area contributed by atoms with Crippen LogP contribution in [0.25, 0.3) is 0 Å². The third-order valence-corrected chi connectivity index (χ3v) is 3.50. The molecule has 1 N–H and O–H groups in total. The Morgan fingerprint density at radius 3 is 2.77 bits per heavy atom. The molecule has 1 fully saturated rings. The van der Waals surface area contributed by atoms with Crippen molar-refractivity contribution in [2.45, 2.75) is 45.2 Å². The van der Waals surface area contributed by atoms with Crippen LogP contribution in [0, 0.1) is 5.92 Å². The quantitative estimate of drug-likeness (QED) is 0.718. The third kappa shape index (κ3) is 3.28. The van der Waals surface area contributed by atoms with Crippen molar-refractivity contribution in [1.29, 1.82) is 0 Å². The molecule has 0 aromatic heterocycles. The Morgan fingerprint density at radius 1 is 1.54 bits per heavy atom. The molecule has 0 amide bonds. The molecular formula is C11H24N2. The highest BCUT2D eigenvalue weighted by molar-refractivity contribution is 4.78. The number of hydrogen-bond donors (Lipinski definition) is 1. The number of hydrogen-bond acceptors (Lipinski definition) is 2. The van der Waals surface area contributed by atoms with Gasteiger partial charge in [-0.2, -0.15) is 0 Å². The predicted molar refractivity (Wildman–Crippen MR) is 58.0 cm³/mol. The summed E-state index contributed by atoms with van der Waals surface area (Å²) in [5.41, 5.74) is 0. The minimum Gasteiger partial charge on any atom is -0.317 e. The van der Waals surface area contributed by atoms with Gasteiger partial charge in [0.25, 0.3) is 0 Å². The maximum absolute atomic E-state index is 3.32. The second-order valence-electron chi connectivity index (χ2n) is 4.65. The Kier molecular flexibility index (Phi) is 4.20. The van der Waals surface area contributed by atoms with Gasteiger partial charge < -0.3 is 10.2 Å². The third-order valence-electron chi connectivity index (χ3n) is 3.50. The highest BCUT2D eigenvalue weighted by Crippen LogP contribution is 2.25. The van der Waals surface area contributed by atoms with Gasteiger partial charge in [-0.05, 0) is 59.7 Å². The van der Waals surface area contributed by atoms with Gasteiger partial charge in [-0.15, -0.1) is 0 Å². The summed E-state index contributed by atoms with van der Waals surface area (Å²) < 4.78 is 0. The molecule has 3 atom stereocenters. The van der Waals surface area contributed by atoms with E-state index in [2.05, 4.69) is 38.2 Å². The van der Waals surface area contributed by atoms with Crippen molar-refractivity contribution in [3.8, 4) is 0 Å². The van der Waals surface area contributed by atoms with E-state index < -0.39 is 0 Å². The van der Waals surface area contributed by atoms with E-state index in [-0.39, 0.29) is 0 Å². The van der Waals surface area contributed by atoms with Crippen LogP contribution < -0.4 is 5.32 Å². The Hall–Kier alpha value is -0.0800. The van der Waals surface area contributed by atoms with E-state index in [0.29, 0.717) is 6.04 Å². The van der Waals surface area contributed by atoms with Gasteiger partial charge in [-0.1, -0.05) is 0 Å². The van der Waals surface area contributed by atoms with Crippen molar-refractivity contribution in [2.24, 2.45) is 5.92 Å². The SMILES string of the molecule is CNC(C)CC1CCN(C)C(C)C1. The van der Waals surface area contributed by atoms with E-state index >= 15 is 0 Å². The normalized spacial score (nSPS) is 33.2. The van der Waals surface area contributed by atoms with Crippen LogP contribution in [-0.4, -0.2) is 37.6 Å². The molecule has 0 aromatic rings. The highest BCUT2D eigenvalue weighted by atomic mass is 15.1. The molecule has 1 aliphatic rings. The van der Waals surface area contributed by atoms with Gasteiger partial charge in [0.2, 0.25) is 0 Å². The first-order chi connectivity index (χ1) is 6.13. The van der Waals surface area contributed by atoms with Gasteiger partial charge in [0.05, 0.1) is 0 Å². The van der Waals surface area contributed by atoms with E-state index in [1.807, 2.05) is 0 Å². The number of rotatable bonds is 3. The molecule has 2 heteroatoms. The van der Waals surface area contributed by atoms with Crippen LogP contribution in [0.15, 0.2) is 0 Å². The van der Waals surface area contributed by atoms with Crippen molar-refractivity contribution in [2.75, 3.05) is 20.6 Å². The molecule has 78 valence electrons. The predicted octanol–water partition coefficient (Wildman–Crippen LogP) is 1.71. The summed E-state index contributed by atoms with van der Waals surface area (Å²) in [5, 5.41) is 3.32. The van der Waals surface area contributed by atoms with Crippen LogP contribution >= 0.6 is 0 Å². The molecular weight excluding hydrogens is 160 g/mol. The summed E-state index contributed by atoms with van der Waals surface area (Å²) in [5.74, 6) is 0.939. The molecule has 0 radical (unpaired) electrons. The topological polar surface area (TPSA) is 15.3 Å². The van der Waals surface area contributed by atoms with Gasteiger partial charge in [0.15, 0.2) is 0 Å². The van der Waals surface area contributed by atoms with Gasteiger partial charge in [-0.3, -0.25) is 0 Å². The molecule has 2 nitrogen and oxygen atoms in total.